The molecular weight excluding hydrogens is 250 g/mol. The van der Waals surface area contributed by atoms with Crippen molar-refractivity contribution in [3.8, 4) is 11.5 Å². The van der Waals surface area contributed by atoms with Crippen molar-refractivity contribution in [3.63, 3.8) is 0 Å². The molecule has 0 saturated heterocycles. The molecular formula is C14H20ClNO2. The third-order valence-electron chi connectivity index (χ3n) is 3.94. The Morgan fingerprint density at radius 3 is 2.56 bits per heavy atom. The third-order valence-corrected chi connectivity index (χ3v) is 3.94. The summed E-state index contributed by atoms with van der Waals surface area (Å²) in [6, 6.07) is 6.24. The van der Waals surface area contributed by atoms with Crippen molar-refractivity contribution in [1.82, 2.24) is 0 Å². The summed E-state index contributed by atoms with van der Waals surface area (Å²) in [5.74, 6) is 2.31. The van der Waals surface area contributed by atoms with Crippen molar-refractivity contribution in [2.24, 2.45) is 11.7 Å². The lowest BCUT2D eigenvalue weighted by Crippen LogP contribution is -2.23. The van der Waals surface area contributed by atoms with Crippen LogP contribution in [0.15, 0.2) is 18.2 Å². The highest BCUT2D eigenvalue weighted by atomic mass is 35.5. The van der Waals surface area contributed by atoms with Gasteiger partial charge in [0.2, 0.25) is 6.79 Å². The molecule has 1 fully saturated rings. The third kappa shape index (κ3) is 2.57. The van der Waals surface area contributed by atoms with Crippen LogP contribution in [0.4, 0.5) is 0 Å². The zero-order valence-corrected chi connectivity index (χ0v) is 11.2. The zero-order chi connectivity index (χ0) is 11.7. The Morgan fingerprint density at radius 2 is 1.78 bits per heavy atom. The lowest BCUT2D eigenvalue weighted by atomic mass is 9.81. The van der Waals surface area contributed by atoms with E-state index in [1.807, 2.05) is 12.1 Å². The Bertz CT molecular complexity index is 405. The molecule has 1 atom stereocenters. The van der Waals surface area contributed by atoms with Crippen molar-refractivity contribution in [2.45, 2.75) is 38.1 Å². The first-order valence-electron chi connectivity index (χ1n) is 6.50. The molecule has 0 aromatic heterocycles. The van der Waals surface area contributed by atoms with Crippen molar-refractivity contribution in [2.75, 3.05) is 6.79 Å². The highest BCUT2D eigenvalue weighted by Crippen LogP contribution is 2.38. The molecule has 3 rings (SSSR count). The minimum atomic E-state index is 0. The molecule has 1 saturated carbocycles. The second kappa shape index (κ2) is 5.81. The molecule has 100 valence electrons. The van der Waals surface area contributed by atoms with Gasteiger partial charge in [0.05, 0.1) is 0 Å². The minimum absolute atomic E-state index is 0. The van der Waals surface area contributed by atoms with E-state index in [-0.39, 0.29) is 18.4 Å². The number of hydrogen-bond donors (Lipinski definition) is 1. The Labute approximate surface area is 114 Å². The topological polar surface area (TPSA) is 44.5 Å². The molecule has 4 heteroatoms. The van der Waals surface area contributed by atoms with E-state index in [1.54, 1.807) is 0 Å². The Morgan fingerprint density at radius 1 is 1.06 bits per heavy atom. The van der Waals surface area contributed by atoms with E-state index in [2.05, 4.69) is 6.07 Å². The molecule has 0 unspecified atom stereocenters. The summed E-state index contributed by atoms with van der Waals surface area (Å²) in [6.45, 7) is 0.331. The van der Waals surface area contributed by atoms with Gasteiger partial charge in [0.15, 0.2) is 11.5 Å². The molecule has 1 heterocycles. The Balaban J connectivity index is 0.00000120. The first-order chi connectivity index (χ1) is 8.34. The summed E-state index contributed by atoms with van der Waals surface area (Å²) in [5.41, 5.74) is 7.55. The van der Waals surface area contributed by atoms with Gasteiger partial charge in [-0.3, -0.25) is 0 Å². The van der Waals surface area contributed by atoms with Gasteiger partial charge in [0.1, 0.15) is 0 Å². The second-order valence-electron chi connectivity index (χ2n) is 5.04. The molecule has 1 aromatic rings. The molecule has 2 N–H and O–H groups in total. The van der Waals surface area contributed by atoms with Crippen LogP contribution in [-0.4, -0.2) is 6.79 Å². The van der Waals surface area contributed by atoms with Crippen molar-refractivity contribution < 1.29 is 9.47 Å². The summed E-state index contributed by atoms with van der Waals surface area (Å²) in [5, 5.41) is 0. The molecule has 3 nitrogen and oxygen atoms in total. The van der Waals surface area contributed by atoms with Gasteiger partial charge in [-0.05, 0) is 36.5 Å². The maximum absolute atomic E-state index is 6.37. The molecule has 2 aliphatic rings. The normalized spacial score (nSPS) is 20.3. The van der Waals surface area contributed by atoms with Crippen LogP contribution in [0.3, 0.4) is 0 Å². The van der Waals surface area contributed by atoms with Crippen LogP contribution >= 0.6 is 12.4 Å². The largest absolute Gasteiger partial charge is 0.454 e. The van der Waals surface area contributed by atoms with Gasteiger partial charge in [0, 0.05) is 6.04 Å². The van der Waals surface area contributed by atoms with Crippen LogP contribution in [0, 0.1) is 5.92 Å². The molecule has 0 amide bonds. The second-order valence-corrected chi connectivity index (χ2v) is 5.04. The van der Waals surface area contributed by atoms with Gasteiger partial charge < -0.3 is 15.2 Å². The average Bonchev–Trinajstić information content (AvgIpc) is 2.86. The standard InChI is InChI=1S/C14H19NO2.ClH/c15-14(10-4-2-1-3-5-10)11-6-7-12-13(8-11)17-9-16-12;/h6-8,10,14H,1-5,9,15H2;1H/t14-;/m0./s1. The molecule has 0 bridgehead atoms. The van der Waals surface area contributed by atoms with Gasteiger partial charge in [-0.2, -0.15) is 0 Å². The van der Waals surface area contributed by atoms with E-state index >= 15 is 0 Å². The van der Waals surface area contributed by atoms with Crippen LogP contribution in [0.25, 0.3) is 0 Å². The number of ether oxygens (including phenoxy) is 2. The Hall–Kier alpha value is -0.930. The fourth-order valence-corrected chi connectivity index (χ4v) is 2.89. The number of halogens is 1. The van der Waals surface area contributed by atoms with E-state index in [1.165, 1.54) is 37.7 Å². The number of nitrogens with two attached hydrogens (primary N) is 1. The smallest absolute Gasteiger partial charge is 0.231 e. The highest BCUT2D eigenvalue weighted by Gasteiger charge is 2.23. The van der Waals surface area contributed by atoms with Crippen LogP contribution in [0.1, 0.15) is 43.7 Å². The minimum Gasteiger partial charge on any atom is -0.454 e. The molecule has 0 spiro atoms. The predicted octanol–water partition coefficient (Wildman–Crippen LogP) is 3.42. The number of hydrogen-bond acceptors (Lipinski definition) is 3. The lowest BCUT2D eigenvalue weighted by molar-refractivity contribution is 0.174. The first kappa shape index (κ1) is 13.5. The van der Waals surface area contributed by atoms with Crippen molar-refractivity contribution >= 4 is 12.4 Å². The van der Waals surface area contributed by atoms with E-state index < -0.39 is 0 Å². The molecule has 1 aliphatic carbocycles. The summed E-state index contributed by atoms with van der Waals surface area (Å²) >= 11 is 0. The quantitative estimate of drug-likeness (QED) is 0.895. The van der Waals surface area contributed by atoms with Crippen molar-refractivity contribution in [1.29, 1.82) is 0 Å². The predicted molar refractivity (Wildman–Crippen MR) is 73.3 cm³/mol. The van der Waals surface area contributed by atoms with Gasteiger partial charge in [-0.1, -0.05) is 25.3 Å². The molecule has 1 aliphatic heterocycles. The molecule has 1 aromatic carbocycles. The summed E-state index contributed by atoms with van der Waals surface area (Å²) in [7, 11) is 0. The van der Waals surface area contributed by atoms with E-state index in [9.17, 15) is 0 Å². The summed E-state index contributed by atoms with van der Waals surface area (Å²) in [4.78, 5) is 0. The van der Waals surface area contributed by atoms with Gasteiger partial charge in [0.25, 0.3) is 0 Å². The lowest BCUT2D eigenvalue weighted by Gasteiger charge is -2.27. The first-order valence-corrected chi connectivity index (χ1v) is 6.50. The average molecular weight is 270 g/mol. The van der Waals surface area contributed by atoms with E-state index in [0.29, 0.717) is 12.7 Å². The number of rotatable bonds is 2. The fraction of sp³-hybridized carbons (Fsp3) is 0.571. The fourth-order valence-electron chi connectivity index (χ4n) is 2.89. The van der Waals surface area contributed by atoms with Gasteiger partial charge in [-0.25, -0.2) is 0 Å². The van der Waals surface area contributed by atoms with Crippen LogP contribution in [0.2, 0.25) is 0 Å². The van der Waals surface area contributed by atoms with Gasteiger partial charge in [-0.15, -0.1) is 12.4 Å². The van der Waals surface area contributed by atoms with Crippen molar-refractivity contribution in [3.05, 3.63) is 23.8 Å². The SMILES string of the molecule is Cl.N[C@H](c1ccc2c(c1)OCO2)C1CCCCC1. The van der Waals surface area contributed by atoms with Crippen LogP contribution in [0.5, 0.6) is 11.5 Å². The summed E-state index contributed by atoms with van der Waals surface area (Å²) < 4.78 is 10.7. The van der Waals surface area contributed by atoms with E-state index in [4.69, 9.17) is 15.2 Å². The Kier molecular flexibility index (Phi) is 4.36. The maximum Gasteiger partial charge on any atom is 0.231 e. The molecule has 18 heavy (non-hydrogen) atoms. The highest BCUT2D eigenvalue weighted by molar-refractivity contribution is 5.85. The van der Waals surface area contributed by atoms with Gasteiger partial charge >= 0.3 is 0 Å². The van der Waals surface area contributed by atoms with Crippen LogP contribution in [-0.2, 0) is 0 Å². The maximum atomic E-state index is 6.37. The number of fused-ring (bicyclic) bond motifs is 1. The van der Waals surface area contributed by atoms with E-state index in [0.717, 1.165) is 11.5 Å². The zero-order valence-electron chi connectivity index (χ0n) is 10.4. The van der Waals surface area contributed by atoms with Crippen LogP contribution < -0.4 is 15.2 Å². The monoisotopic (exact) mass is 269 g/mol. The number of benzene rings is 1. The summed E-state index contributed by atoms with van der Waals surface area (Å²) in [6.07, 6.45) is 6.53. The molecule has 0 radical (unpaired) electrons.